The first-order valence-electron chi connectivity index (χ1n) is 7.46. The minimum absolute atomic E-state index is 0.402. The summed E-state index contributed by atoms with van der Waals surface area (Å²) in [5.41, 5.74) is 2.39. The van der Waals surface area contributed by atoms with Gasteiger partial charge in [0.2, 0.25) is 0 Å². The molecule has 0 aliphatic heterocycles. The van der Waals surface area contributed by atoms with E-state index >= 15 is 0 Å². The molecule has 3 aliphatic rings. The molecule has 1 nitrogen and oxygen atoms in total. The minimum atomic E-state index is 0.402. The normalized spacial score (nSPS) is 37.9. The average Bonchev–Trinajstić information content (AvgIpc) is 2.88. The van der Waals surface area contributed by atoms with E-state index in [2.05, 4.69) is 12.1 Å². The summed E-state index contributed by atoms with van der Waals surface area (Å²) in [6, 6.07) is 8.36. The molecule has 0 bridgehead atoms. The highest BCUT2D eigenvalue weighted by molar-refractivity contribution is 5.99. The van der Waals surface area contributed by atoms with Crippen molar-refractivity contribution >= 4 is 5.78 Å². The number of ketones is 1. The summed E-state index contributed by atoms with van der Waals surface area (Å²) in [6.45, 7) is 0. The molecule has 1 heteroatoms. The first kappa shape index (κ1) is 10.8. The molecule has 18 heavy (non-hydrogen) atoms. The van der Waals surface area contributed by atoms with Crippen LogP contribution in [0, 0.1) is 17.8 Å². The summed E-state index contributed by atoms with van der Waals surface area (Å²) in [7, 11) is 0. The summed E-state index contributed by atoms with van der Waals surface area (Å²) < 4.78 is 0. The molecule has 1 aromatic rings. The van der Waals surface area contributed by atoms with Crippen LogP contribution in [0.15, 0.2) is 24.3 Å². The van der Waals surface area contributed by atoms with E-state index in [1.165, 1.54) is 37.7 Å². The summed E-state index contributed by atoms with van der Waals surface area (Å²) in [4.78, 5) is 12.3. The van der Waals surface area contributed by atoms with Crippen LogP contribution in [-0.2, 0) is 0 Å². The van der Waals surface area contributed by atoms with Crippen LogP contribution in [0.2, 0.25) is 0 Å². The summed E-state index contributed by atoms with van der Waals surface area (Å²) in [6.07, 6.45) is 7.73. The van der Waals surface area contributed by atoms with Gasteiger partial charge >= 0.3 is 0 Å². The standard InChI is InChI=1S/C17H20O/c18-17-10-16-12-7-3-4-11(12)8-9-14(16)13-5-1-2-6-15(13)17/h1-2,5-6,11-12,14,16H,3-4,7-10H2. The van der Waals surface area contributed by atoms with Gasteiger partial charge < -0.3 is 0 Å². The Morgan fingerprint density at radius 1 is 0.944 bits per heavy atom. The lowest BCUT2D eigenvalue weighted by molar-refractivity contribution is 0.0819. The van der Waals surface area contributed by atoms with Crippen molar-refractivity contribution in [2.75, 3.05) is 0 Å². The van der Waals surface area contributed by atoms with Crippen LogP contribution in [0.5, 0.6) is 0 Å². The maximum Gasteiger partial charge on any atom is 0.163 e. The second-order valence-corrected chi connectivity index (χ2v) is 6.42. The smallest absolute Gasteiger partial charge is 0.163 e. The zero-order chi connectivity index (χ0) is 12.1. The highest BCUT2D eigenvalue weighted by atomic mass is 16.1. The quantitative estimate of drug-likeness (QED) is 0.664. The molecule has 4 unspecified atom stereocenters. The highest BCUT2D eigenvalue weighted by Gasteiger charge is 2.45. The Labute approximate surface area is 109 Å². The molecule has 0 amide bonds. The molecule has 4 rings (SSSR count). The molecule has 0 saturated heterocycles. The van der Waals surface area contributed by atoms with Gasteiger partial charge in [-0.15, -0.1) is 0 Å². The van der Waals surface area contributed by atoms with Crippen molar-refractivity contribution in [1.82, 2.24) is 0 Å². The molecule has 2 saturated carbocycles. The second-order valence-electron chi connectivity index (χ2n) is 6.42. The second kappa shape index (κ2) is 3.94. The van der Waals surface area contributed by atoms with E-state index in [0.29, 0.717) is 17.6 Å². The Kier molecular flexibility index (Phi) is 2.36. The number of carbonyl (C=O) groups excluding carboxylic acids is 1. The fourth-order valence-corrected chi connectivity index (χ4v) is 4.97. The van der Waals surface area contributed by atoms with Gasteiger partial charge in [-0.3, -0.25) is 4.79 Å². The zero-order valence-electron chi connectivity index (χ0n) is 10.8. The zero-order valence-corrected chi connectivity index (χ0v) is 10.8. The van der Waals surface area contributed by atoms with Gasteiger partial charge in [-0.2, -0.15) is 0 Å². The molecule has 0 spiro atoms. The summed E-state index contributed by atoms with van der Waals surface area (Å²) in [5.74, 6) is 3.52. The molecule has 94 valence electrons. The first-order valence-corrected chi connectivity index (χ1v) is 7.46. The van der Waals surface area contributed by atoms with Crippen molar-refractivity contribution in [3.05, 3.63) is 35.4 Å². The van der Waals surface area contributed by atoms with Crippen LogP contribution in [0.1, 0.15) is 60.4 Å². The number of hydrogen-bond donors (Lipinski definition) is 0. The topological polar surface area (TPSA) is 17.1 Å². The van der Waals surface area contributed by atoms with Gasteiger partial charge in [0, 0.05) is 12.0 Å². The average molecular weight is 240 g/mol. The summed E-state index contributed by atoms with van der Waals surface area (Å²) in [5, 5.41) is 0. The lowest BCUT2D eigenvalue weighted by atomic mass is 9.61. The number of benzene rings is 1. The third kappa shape index (κ3) is 1.43. The number of rotatable bonds is 0. The SMILES string of the molecule is O=C1CC2C(CCC3CCCC32)c2ccccc21. The van der Waals surface area contributed by atoms with Crippen molar-refractivity contribution in [3.63, 3.8) is 0 Å². The van der Waals surface area contributed by atoms with E-state index in [1.807, 2.05) is 12.1 Å². The van der Waals surface area contributed by atoms with Crippen molar-refractivity contribution in [1.29, 1.82) is 0 Å². The van der Waals surface area contributed by atoms with Crippen LogP contribution in [0.4, 0.5) is 0 Å². The number of Topliss-reactive ketones (excluding diaryl/α,β-unsaturated/α-hetero) is 1. The Hall–Kier alpha value is -1.11. The van der Waals surface area contributed by atoms with Crippen molar-refractivity contribution in [3.8, 4) is 0 Å². The van der Waals surface area contributed by atoms with E-state index in [4.69, 9.17) is 0 Å². The van der Waals surface area contributed by atoms with Gasteiger partial charge in [-0.1, -0.05) is 37.1 Å². The van der Waals surface area contributed by atoms with Crippen LogP contribution < -0.4 is 0 Å². The molecule has 3 aliphatic carbocycles. The maximum atomic E-state index is 12.3. The lowest BCUT2D eigenvalue weighted by Gasteiger charge is -2.43. The van der Waals surface area contributed by atoms with Crippen LogP contribution in [0.3, 0.4) is 0 Å². The lowest BCUT2D eigenvalue weighted by Crippen LogP contribution is -2.36. The largest absolute Gasteiger partial charge is 0.294 e. The van der Waals surface area contributed by atoms with Gasteiger partial charge in [-0.25, -0.2) is 0 Å². The molecule has 0 radical (unpaired) electrons. The highest BCUT2D eigenvalue weighted by Crippen LogP contribution is 2.54. The fraction of sp³-hybridized carbons (Fsp3) is 0.588. The molecule has 1 aromatic carbocycles. The Balaban J connectivity index is 1.77. The van der Waals surface area contributed by atoms with E-state index in [0.717, 1.165) is 23.8 Å². The number of fused-ring (bicyclic) bond motifs is 5. The predicted molar refractivity (Wildman–Crippen MR) is 71.7 cm³/mol. The van der Waals surface area contributed by atoms with E-state index in [1.54, 1.807) is 0 Å². The molecular formula is C17H20O. The fourth-order valence-electron chi connectivity index (χ4n) is 4.97. The minimum Gasteiger partial charge on any atom is -0.294 e. The monoisotopic (exact) mass is 240 g/mol. The van der Waals surface area contributed by atoms with Crippen LogP contribution >= 0.6 is 0 Å². The van der Waals surface area contributed by atoms with E-state index in [-0.39, 0.29) is 0 Å². The molecule has 0 heterocycles. The Morgan fingerprint density at radius 3 is 2.78 bits per heavy atom. The summed E-state index contributed by atoms with van der Waals surface area (Å²) >= 11 is 0. The molecular weight excluding hydrogens is 220 g/mol. The maximum absolute atomic E-state index is 12.3. The van der Waals surface area contributed by atoms with Gasteiger partial charge in [0.15, 0.2) is 5.78 Å². The van der Waals surface area contributed by atoms with Crippen molar-refractivity contribution in [2.45, 2.75) is 44.4 Å². The van der Waals surface area contributed by atoms with Gasteiger partial charge in [0.05, 0.1) is 0 Å². The molecule has 0 aromatic heterocycles. The van der Waals surface area contributed by atoms with Crippen molar-refractivity contribution in [2.24, 2.45) is 17.8 Å². The van der Waals surface area contributed by atoms with Crippen LogP contribution in [-0.4, -0.2) is 5.78 Å². The first-order chi connectivity index (χ1) is 8.84. The molecule has 4 atom stereocenters. The van der Waals surface area contributed by atoms with E-state index in [9.17, 15) is 4.79 Å². The number of carbonyl (C=O) groups is 1. The van der Waals surface area contributed by atoms with Crippen LogP contribution in [0.25, 0.3) is 0 Å². The molecule has 2 fully saturated rings. The Bertz CT molecular complexity index is 490. The predicted octanol–water partition coefficient (Wildman–Crippen LogP) is 4.18. The van der Waals surface area contributed by atoms with E-state index < -0.39 is 0 Å². The Morgan fingerprint density at radius 2 is 1.83 bits per heavy atom. The molecule has 0 N–H and O–H groups in total. The third-order valence-corrected chi connectivity index (χ3v) is 5.71. The van der Waals surface area contributed by atoms with Crippen molar-refractivity contribution < 1.29 is 4.79 Å². The van der Waals surface area contributed by atoms with Gasteiger partial charge in [0.25, 0.3) is 0 Å². The van der Waals surface area contributed by atoms with Gasteiger partial charge in [0.1, 0.15) is 0 Å². The third-order valence-electron chi connectivity index (χ3n) is 5.71. The number of hydrogen-bond acceptors (Lipinski definition) is 1. The van der Waals surface area contributed by atoms with Gasteiger partial charge in [-0.05, 0) is 48.5 Å².